The summed E-state index contributed by atoms with van der Waals surface area (Å²) in [6, 6.07) is 8.51. The van der Waals surface area contributed by atoms with E-state index in [0.29, 0.717) is 0 Å². The first-order valence-electron chi connectivity index (χ1n) is 10.2. The number of allylic oxidation sites excluding steroid dienone is 1. The van der Waals surface area contributed by atoms with Crippen molar-refractivity contribution in [1.29, 1.82) is 0 Å². The molecule has 1 saturated heterocycles. The van der Waals surface area contributed by atoms with Crippen LogP contribution >= 0.6 is 12.2 Å². The van der Waals surface area contributed by atoms with Gasteiger partial charge in [0, 0.05) is 69.1 Å². The third-order valence-corrected chi connectivity index (χ3v) is 5.46. The fourth-order valence-corrected chi connectivity index (χ4v) is 3.74. The van der Waals surface area contributed by atoms with E-state index >= 15 is 0 Å². The average molecular weight is 398 g/mol. The number of benzene rings is 1. The summed E-state index contributed by atoms with van der Waals surface area (Å²) in [6.07, 6.45) is 11.2. The van der Waals surface area contributed by atoms with Gasteiger partial charge in [-0.3, -0.25) is 9.89 Å². The number of anilines is 1. The number of para-hydroxylation sites is 1. The van der Waals surface area contributed by atoms with E-state index in [1.54, 1.807) is 0 Å². The van der Waals surface area contributed by atoms with Crippen molar-refractivity contribution in [2.45, 2.75) is 26.2 Å². The normalized spacial score (nSPS) is 19.6. The van der Waals surface area contributed by atoms with Gasteiger partial charge in [0.2, 0.25) is 0 Å². The molecule has 0 spiro atoms. The van der Waals surface area contributed by atoms with Crippen molar-refractivity contribution in [1.82, 2.24) is 15.1 Å². The fraction of sp³-hybridized carbons (Fsp3) is 0.455. The Bertz CT molecular complexity index is 732. The molecule has 1 aromatic rings. The first-order valence-corrected chi connectivity index (χ1v) is 10.7. The highest BCUT2D eigenvalue weighted by atomic mass is 32.1. The van der Waals surface area contributed by atoms with E-state index in [4.69, 9.17) is 12.2 Å². The summed E-state index contributed by atoms with van der Waals surface area (Å²) in [7, 11) is 0. The number of piperazine rings is 1. The molecule has 0 bridgehead atoms. The summed E-state index contributed by atoms with van der Waals surface area (Å²) in [6.45, 7) is 8.01. The molecule has 6 heteroatoms. The van der Waals surface area contributed by atoms with Gasteiger partial charge >= 0.3 is 0 Å². The van der Waals surface area contributed by atoms with Gasteiger partial charge < -0.3 is 15.5 Å². The first-order chi connectivity index (χ1) is 13.8. The molecule has 0 unspecified atom stereocenters. The minimum atomic E-state index is 0.824. The molecule has 1 aromatic carbocycles. The summed E-state index contributed by atoms with van der Waals surface area (Å²) in [5.74, 6) is 0. The number of aliphatic imine (C=N–C) groups is 1. The van der Waals surface area contributed by atoms with Crippen LogP contribution in [0, 0.1) is 0 Å². The Morgan fingerprint density at radius 3 is 2.89 bits per heavy atom. The Morgan fingerprint density at radius 2 is 2.07 bits per heavy atom. The maximum Gasteiger partial charge on any atom is 0.173 e. The fourth-order valence-electron chi connectivity index (χ4n) is 3.50. The number of nitrogens with zero attached hydrogens (tertiary/aromatic N) is 3. The zero-order valence-corrected chi connectivity index (χ0v) is 17.5. The standard InChI is InChI=1S/C22H31N5S/c1-2-10-23-11-6-13-26-14-16-27(17-15-26)22(28)25-18-19-7-5-12-24-21-9-4-3-8-20(19)21/h3-4,6,8-11,18,24H,2,5,7,12-17H2,1H3,(H,25,28)/b11-6-,19-18-,23-10?. The van der Waals surface area contributed by atoms with Gasteiger partial charge in [-0.05, 0) is 43.1 Å². The van der Waals surface area contributed by atoms with Crippen LogP contribution in [-0.2, 0) is 0 Å². The lowest BCUT2D eigenvalue weighted by atomic mass is 10.0. The highest BCUT2D eigenvalue weighted by molar-refractivity contribution is 7.80. The van der Waals surface area contributed by atoms with Gasteiger partial charge in [-0.15, -0.1) is 0 Å². The van der Waals surface area contributed by atoms with E-state index in [1.165, 1.54) is 16.8 Å². The van der Waals surface area contributed by atoms with Crippen LogP contribution in [0.4, 0.5) is 5.69 Å². The average Bonchev–Trinajstić information content (AvgIpc) is 2.94. The molecule has 2 aliphatic rings. The molecule has 0 amide bonds. The van der Waals surface area contributed by atoms with Crippen LogP contribution in [0.5, 0.6) is 0 Å². The van der Waals surface area contributed by atoms with Crippen molar-refractivity contribution < 1.29 is 0 Å². The molecule has 0 aliphatic carbocycles. The third-order valence-electron chi connectivity index (χ3n) is 5.08. The Morgan fingerprint density at radius 1 is 1.25 bits per heavy atom. The molecule has 0 saturated carbocycles. The molecular formula is C22H31N5S. The van der Waals surface area contributed by atoms with E-state index < -0.39 is 0 Å². The molecule has 3 rings (SSSR count). The summed E-state index contributed by atoms with van der Waals surface area (Å²) in [4.78, 5) is 8.92. The highest BCUT2D eigenvalue weighted by Gasteiger charge is 2.18. The summed E-state index contributed by atoms with van der Waals surface area (Å²) < 4.78 is 0. The summed E-state index contributed by atoms with van der Waals surface area (Å²) >= 11 is 5.65. The minimum absolute atomic E-state index is 0.824. The Labute approximate surface area is 174 Å². The van der Waals surface area contributed by atoms with Crippen molar-refractivity contribution in [3.8, 4) is 0 Å². The molecule has 0 aromatic heterocycles. The van der Waals surface area contributed by atoms with Crippen molar-refractivity contribution in [3.63, 3.8) is 0 Å². The zero-order chi connectivity index (χ0) is 19.6. The molecule has 2 aliphatic heterocycles. The lowest BCUT2D eigenvalue weighted by Gasteiger charge is -2.35. The van der Waals surface area contributed by atoms with Crippen LogP contribution in [0.15, 0.2) is 47.7 Å². The monoisotopic (exact) mass is 397 g/mol. The zero-order valence-electron chi connectivity index (χ0n) is 16.7. The first kappa shape index (κ1) is 20.6. The molecule has 2 heterocycles. The smallest absolute Gasteiger partial charge is 0.173 e. The summed E-state index contributed by atoms with van der Waals surface area (Å²) in [5.41, 5.74) is 3.81. The largest absolute Gasteiger partial charge is 0.385 e. The van der Waals surface area contributed by atoms with Crippen molar-refractivity contribution in [3.05, 3.63) is 48.3 Å². The van der Waals surface area contributed by atoms with Crippen LogP contribution in [0.3, 0.4) is 0 Å². The van der Waals surface area contributed by atoms with Crippen molar-refractivity contribution in [2.24, 2.45) is 4.99 Å². The second kappa shape index (κ2) is 11.0. The maximum absolute atomic E-state index is 5.65. The lowest BCUT2D eigenvalue weighted by Crippen LogP contribution is -2.50. The molecule has 28 heavy (non-hydrogen) atoms. The van der Waals surface area contributed by atoms with Gasteiger partial charge in [-0.2, -0.15) is 0 Å². The number of rotatable bonds is 5. The van der Waals surface area contributed by atoms with E-state index in [0.717, 1.165) is 63.6 Å². The number of hydrogen-bond acceptors (Lipinski definition) is 4. The highest BCUT2D eigenvalue weighted by Crippen LogP contribution is 2.29. The predicted octanol–water partition coefficient (Wildman–Crippen LogP) is 3.72. The molecule has 150 valence electrons. The van der Waals surface area contributed by atoms with Crippen molar-refractivity contribution in [2.75, 3.05) is 44.6 Å². The lowest BCUT2D eigenvalue weighted by molar-refractivity contribution is 0.197. The molecule has 0 atom stereocenters. The van der Waals surface area contributed by atoms with Gasteiger partial charge in [0.25, 0.3) is 0 Å². The van der Waals surface area contributed by atoms with E-state index in [9.17, 15) is 0 Å². The topological polar surface area (TPSA) is 42.9 Å². The second-order valence-corrected chi connectivity index (χ2v) is 7.49. The van der Waals surface area contributed by atoms with Crippen LogP contribution in [-0.4, -0.2) is 60.4 Å². The Kier molecular flexibility index (Phi) is 8.06. The van der Waals surface area contributed by atoms with Gasteiger partial charge in [0.15, 0.2) is 5.11 Å². The predicted molar refractivity (Wildman–Crippen MR) is 124 cm³/mol. The molecular weight excluding hydrogens is 366 g/mol. The van der Waals surface area contributed by atoms with Gasteiger partial charge in [-0.1, -0.05) is 31.2 Å². The van der Waals surface area contributed by atoms with E-state index in [2.05, 4.69) is 68.9 Å². The summed E-state index contributed by atoms with van der Waals surface area (Å²) in [5, 5.41) is 7.72. The van der Waals surface area contributed by atoms with Crippen LogP contribution in [0.25, 0.3) is 5.57 Å². The SMILES string of the molecule is CCC=N/C=C\CN1CCN(C(=S)N/C=C2/CCCNc3ccccc32)CC1. The molecule has 2 N–H and O–H groups in total. The van der Waals surface area contributed by atoms with E-state index in [1.807, 2.05) is 12.4 Å². The van der Waals surface area contributed by atoms with Crippen LogP contribution in [0.2, 0.25) is 0 Å². The number of nitrogens with one attached hydrogen (secondary N) is 2. The van der Waals surface area contributed by atoms with E-state index in [-0.39, 0.29) is 0 Å². The molecule has 0 radical (unpaired) electrons. The van der Waals surface area contributed by atoms with Crippen LogP contribution < -0.4 is 10.6 Å². The Hall–Kier alpha value is -2.18. The Balaban J connectivity index is 1.49. The number of fused-ring (bicyclic) bond motifs is 1. The van der Waals surface area contributed by atoms with Gasteiger partial charge in [0.1, 0.15) is 0 Å². The van der Waals surface area contributed by atoms with Gasteiger partial charge in [0.05, 0.1) is 0 Å². The minimum Gasteiger partial charge on any atom is -0.385 e. The van der Waals surface area contributed by atoms with Gasteiger partial charge in [-0.25, -0.2) is 0 Å². The second-order valence-electron chi connectivity index (χ2n) is 7.11. The number of thiocarbonyl (C=S) groups is 1. The quantitative estimate of drug-likeness (QED) is 0.586. The van der Waals surface area contributed by atoms with Crippen molar-refractivity contribution >= 4 is 34.8 Å². The number of hydrogen-bond donors (Lipinski definition) is 2. The molecule has 5 nitrogen and oxygen atoms in total. The third kappa shape index (κ3) is 5.91. The molecule has 1 fully saturated rings. The maximum atomic E-state index is 5.65. The van der Waals surface area contributed by atoms with Crippen LogP contribution in [0.1, 0.15) is 31.7 Å².